The van der Waals surface area contributed by atoms with Crippen LogP contribution in [0.15, 0.2) is 32.1 Å². The molecule has 1 heterocycles. The summed E-state index contributed by atoms with van der Waals surface area (Å²) in [5.74, 6) is 1.99. The van der Waals surface area contributed by atoms with Crippen molar-refractivity contribution in [1.29, 1.82) is 0 Å². The van der Waals surface area contributed by atoms with E-state index in [4.69, 9.17) is 4.99 Å². The molecule has 1 saturated carbocycles. The largest absolute Gasteiger partial charge is 0.343 e. The second-order valence-corrected chi connectivity index (χ2v) is 7.60. The molecular weight excluding hydrogens is 380 g/mol. The summed E-state index contributed by atoms with van der Waals surface area (Å²) in [5, 5.41) is 3.49. The predicted molar refractivity (Wildman–Crippen MR) is 92.5 cm³/mol. The maximum atomic E-state index is 4.94. The van der Waals surface area contributed by atoms with Crippen LogP contribution in [0.1, 0.15) is 44.9 Å². The van der Waals surface area contributed by atoms with Crippen LogP contribution in [0.25, 0.3) is 0 Å². The van der Waals surface area contributed by atoms with Gasteiger partial charge in [-0.3, -0.25) is 4.99 Å². The van der Waals surface area contributed by atoms with Gasteiger partial charge in [0.25, 0.3) is 0 Å². The van der Waals surface area contributed by atoms with Gasteiger partial charge in [0.05, 0.1) is 11.7 Å². The second-order valence-electron chi connectivity index (χ2n) is 5.83. The number of nitrogens with zero attached hydrogens (tertiary/aromatic N) is 1. The predicted octanol–water partition coefficient (Wildman–Crippen LogP) is 5.76. The number of halogens is 2. The van der Waals surface area contributed by atoms with Gasteiger partial charge < -0.3 is 5.32 Å². The van der Waals surface area contributed by atoms with Crippen LogP contribution in [0.4, 0.5) is 5.69 Å². The highest BCUT2D eigenvalue weighted by molar-refractivity contribution is 9.11. The Morgan fingerprint density at radius 1 is 1.05 bits per heavy atom. The van der Waals surface area contributed by atoms with Crippen molar-refractivity contribution in [3.8, 4) is 0 Å². The summed E-state index contributed by atoms with van der Waals surface area (Å²) in [5.41, 5.74) is 1.11. The van der Waals surface area contributed by atoms with Gasteiger partial charge in [0.1, 0.15) is 5.84 Å². The summed E-state index contributed by atoms with van der Waals surface area (Å²) in [4.78, 5) is 4.94. The van der Waals surface area contributed by atoms with E-state index in [0.717, 1.165) is 32.8 Å². The molecule has 0 aromatic heterocycles. The summed E-state index contributed by atoms with van der Waals surface area (Å²) in [7, 11) is 0. The normalized spacial score (nSPS) is 23.7. The van der Waals surface area contributed by atoms with Crippen molar-refractivity contribution in [2.45, 2.75) is 51.0 Å². The molecule has 1 aromatic rings. The Kier molecular flexibility index (Phi) is 4.82. The molecule has 1 N–H and O–H groups in total. The molecule has 20 heavy (non-hydrogen) atoms. The molecule has 1 aliphatic heterocycles. The quantitative estimate of drug-likeness (QED) is 0.671. The lowest BCUT2D eigenvalue weighted by Crippen LogP contribution is -2.19. The third kappa shape index (κ3) is 3.45. The Bertz CT molecular complexity index is 507. The molecule has 0 saturated heterocycles. The maximum absolute atomic E-state index is 4.94. The molecule has 0 bridgehead atoms. The zero-order valence-corrected chi connectivity index (χ0v) is 14.7. The van der Waals surface area contributed by atoms with Crippen LogP contribution in [0.5, 0.6) is 0 Å². The topological polar surface area (TPSA) is 24.4 Å². The molecular formula is C16H20Br2N2. The summed E-state index contributed by atoms with van der Waals surface area (Å²) in [6, 6.07) is 6.77. The first-order valence-electron chi connectivity index (χ1n) is 7.51. The van der Waals surface area contributed by atoms with E-state index < -0.39 is 0 Å². The SMILES string of the molecule is Brc1ccc(NC2=NC(C3CCCCC3)CC2)c(Br)c1. The van der Waals surface area contributed by atoms with E-state index in [1.165, 1.54) is 38.5 Å². The lowest BCUT2D eigenvalue weighted by molar-refractivity contribution is 0.305. The number of anilines is 1. The molecule has 108 valence electrons. The summed E-state index contributed by atoms with van der Waals surface area (Å²) in [6.45, 7) is 0. The molecule has 1 aliphatic carbocycles. The van der Waals surface area contributed by atoms with Gasteiger partial charge in [0.2, 0.25) is 0 Å². The molecule has 1 aromatic carbocycles. The second kappa shape index (κ2) is 6.61. The van der Waals surface area contributed by atoms with Gasteiger partial charge in [-0.15, -0.1) is 0 Å². The molecule has 1 unspecified atom stereocenters. The molecule has 4 heteroatoms. The van der Waals surface area contributed by atoms with Crippen LogP contribution in [-0.2, 0) is 0 Å². The average Bonchev–Trinajstić information content (AvgIpc) is 2.92. The van der Waals surface area contributed by atoms with Crippen LogP contribution < -0.4 is 5.32 Å². The van der Waals surface area contributed by atoms with Crippen molar-refractivity contribution >= 4 is 43.4 Å². The van der Waals surface area contributed by atoms with Crippen molar-refractivity contribution in [3.05, 3.63) is 27.1 Å². The lowest BCUT2D eigenvalue weighted by atomic mass is 9.83. The van der Waals surface area contributed by atoms with E-state index in [-0.39, 0.29) is 0 Å². The van der Waals surface area contributed by atoms with Crippen molar-refractivity contribution < 1.29 is 0 Å². The minimum absolute atomic E-state index is 0.562. The first kappa shape index (κ1) is 14.6. The summed E-state index contributed by atoms with van der Waals surface area (Å²) < 4.78 is 2.17. The standard InChI is InChI=1S/C16H20Br2N2/c17-12-6-7-15(13(18)10-12)20-16-9-8-14(19-16)11-4-2-1-3-5-11/h6-7,10-11,14H,1-5,8-9H2,(H,19,20). The van der Waals surface area contributed by atoms with Crippen molar-refractivity contribution in [2.24, 2.45) is 10.9 Å². The highest BCUT2D eigenvalue weighted by atomic mass is 79.9. The van der Waals surface area contributed by atoms with Gasteiger partial charge in [0, 0.05) is 15.4 Å². The van der Waals surface area contributed by atoms with Crippen LogP contribution in [0.3, 0.4) is 0 Å². The first-order chi connectivity index (χ1) is 9.72. The van der Waals surface area contributed by atoms with Crippen LogP contribution in [-0.4, -0.2) is 11.9 Å². The van der Waals surface area contributed by atoms with Gasteiger partial charge in [0.15, 0.2) is 0 Å². The smallest absolute Gasteiger partial charge is 0.101 e. The van der Waals surface area contributed by atoms with Crippen molar-refractivity contribution in [1.82, 2.24) is 0 Å². The van der Waals surface area contributed by atoms with Gasteiger partial charge in [-0.05, 0) is 59.3 Å². The third-order valence-electron chi connectivity index (χ3n) is 4.40. The van der Waals surface area contributed by atoms with E-state index in [9.17, 15) is 0 Å². The number of aliphatic imine (C=N–C) groups is 1. The van der Waals surface area contributed by atoms with Crippen LogP contribution in [0.2, 0.25) is 0 Å². The fraction of sp³-hybridized carbons (Fsp3) is 0.562. The number of nitrogens with one attached hydrogen (secondary N) is 1. The van der Waals surface area contributed by atoms with Crippen molar-refractivity contribution in [3.63, 3.8) is 0 Å². The Morgan fingerprint density at radius 3 is 2.60 bits per heavy atom. The molecule has 1 atom stereocenters. The van der Waals surface area contributed by atoms with Gasteiger partial charge in [-0.1, -0.05) is 35.2 Å². The van der Waals surface area contributed by atoms with E-state index >= 15 is 0 Å². The molecule has 2 aliphatic rings. The lowest BCUT2D eigenvalue weighted by Gasteiger charge is -2.25. The van der Waals surface area contributed by atoms with E-state index in [2.05, 4.69) is 55.4 Å². The van der Waals surface area contributed by atoms with Gasteiger partial charge >= 0.3 is 0 Å². The van der Waals surface area contributed by atoms with Crippen molar-refractivity contribution in [2.75, 3.05) is 5.32 Å². The summed E-state index contributed by atoms with van der Waals surface area (Å²) in [6.07, 6.45) is 9.29. The highest BCUT2D eigenvalue weighted by Crippen LogP contribution is 2.33. The Balaban J connectivity index is 1.66. The fourth-order valence-corrected chi connectivity index (χ4v) is 4.46. The Labute approximate surface area is 137 Å². The van der Waals surface area contributed by atoms with Crippen LogP contribution >= 0.6 is 31.9 Å². The fourth-order valence-electron chi connectivity index (χ4n) is 3.31. The highest BCUT2D eigenvalue weighted by Gasteiger charge is 2.27. The molecule has 2 nitrogen and oxygen atoms in total. The zero-order chi connectivity index (χ0) is 13.9. The van der Waals surface area contributed by atoms with E-state index in [1.54, 1.807) is 0 Å². The third-order valence-corrected chi connectivity index (χ3v) is 5.55. The average molecular weight is 400 g/mol. The minimum atomic E-state index is 0.562. The molecule has 0 radical (unpaired) electrons. The van der Waals surface area contributed by atoms with E-state index in [1.807, 2.05) is 0 Å². The van der Waals surface area contributed by atoms with E-state index in [0.29, 0.717) is 6.04 Å². The number of hydrogen-bond donors (Lipinski definition) is 1. The Morgan fingerprint density at radius 2 is 1.85 bits per heavy atom. The van der Waals surface area contributed by atoms with Gasteiger partial charge in [-0.25, -0.2) is 0 Å². The summed E-state index contributed by atoms with van der Waals surface area (Å²) >= 11 is 7.08. The maximum Gasteiger partial charge on any atom is 0.101 e. The first-order valence-corrected chi connectivity index (χ1v) is 9.10. The molecule has 0 amide bonds. The monoisotopic (exact) mass is 398 g/mol. The minimum Gasteiger partial charge on any atom is -0.343 e. The molecule has 3 rings (SSSR count). The van der Waals surface area contributed by atoms with Crippen LogP contribution in [0, 0.1) is 5.92 Å². The molecule has 0 spiro atoms. The molecule has 1 fully saturated rings. The number of hydrogen-bond acceptors (Lipinski definition) is 2. The number of benzene rings is 1. The number of amidine groups is 1. The Hall–Kier alpha value is -0.350. The number of rotatable bonds is 2. The van der Waals surface area contributed by atoms with Gasteiger partial charge in [-0.2, -0.15) is 0 Å². The zero-order valence-electron chi connectivity index (χ0n) is 11.5.